The van der Waals surface area contributed by atoms with E-state index in [4.69, 9.17) is 4.74 Å². The maximum absolute atomic E-state index is 13.1. The van der Waals surface area contributed by atoms with Crippen LogP contribution in [0.25, 0.3) is 10.8 Å². The van der Waals surface area contributed by atoms with Crippen molar-refractivity contribution in [3.05, 3.63) is 95.6 Å². The highest BCUT2D eigenvalue weighted by Gasteiger charge is 2.20. The van der Waals surface area contributed by atoms with E-state index in [1.807, 2.05) is 6.07 Å². The maximum atomic E-state index is 13.1. The molecule has 0 bridgehead atoms. The Hall–Kier alpha value is -4.89. The SMILES string of the molecule is COC(=O)c1ccc(C(=O)CO)c(/N=N/c2cc3ccccc3c(C(=O)Nc3ccccc3)c2O)c1. The van der Waals surface area contributed by atoms with Gasteiger partial charge < -0.3 is 20.3 Å². The van der Waals surface area contributed by atoms with Gasteiger partial charge in [0.15, 0.2) is 11.5 Å². The Morgan fingerprint density at radius 2 is 1.58 bits per heavy atom. The van der Waals surface area contributed by atoms with E-state index in [-0.39, 0.29) is 28.1 Å². The average molecular weight is 483 g/mol. The second-order valence-electron chi connectivity index (χ2n) is 7.67. The predicted octanol–water partition coefficient (Wildman–Crippen LogP) is 5.17. The third-order valence-electron chi connectivity index (χ3n) is 5.39. The number of amides is 1. The van der Waals surface area contributed by atoms with Gasteiger partial charge in [0.25, 0.3) is 5.91 Å². The number of para-hydroxylation sites is 1. The Labute approximate surface area is 205 Å². The van der Waals surface area contributed by atoms with Crippen LogP contribution in [0, 0.1) is 0 Å². The number of methoxy groups -OCH3 is 1. The molecule has 36 heavy (non-hydrogen) atoms. The van der Waals surface area contributed by atoms with E-state index in [9.17, 15) is 24.6 Å². The van der Waals surface area contributed by atoms with E-state index in [0.717, 1.165) is 0 Å². The summed E-state index contributed by atoms with van der Waals surface area (Å²) in [5.74, 6) is -2.24. The number of phenolic OH excluding ortho intramolecular Hbond substituents is 1. The molecule has 0 unspecified atom stereocenters. The topological polar surface area (TPSA) is 138 Å². The van der Waals surface area contributed by atoms with Gasteiger partial charge in [0.2, 0.25) is 0 Å². The molecule has 4 rings (SSSR count). The van der Waals surface area contributed by atoms with E-state index in [1.165, 1.54) is 25.3 Å². The lowest BCUT2D eigenvalue weighted by Crippen LogP contribution is -2.12. The molecular formula is C27H21N3O6. The number of benzene rings is 4. The summed E-state index contributed by atoms with van der Waals surface area (Å²) in [5, 5.41) is 32.4. The minimum absolute atomic E-state index is 0.000808. The number of hydrogen-bond acceptors (Lipinski definition) is 8. The monoisotopic (exact) mass is 483 g/mol. The molecule has 3 N–H and O–H groups in total. The molecule has 0 saturated heterocycles. The van der Waals surface area contributed by atoms with Gasteiger partial charge in [-0.25, -0.2) is 4.79 Å². The number of nitrogens with one attached hydrogen (secondary N) is 1. The standard InChI is InChI=1S/C27H21N3O6/c1-36-27(35)17-11-12-20(23(32)15-31)21(14-17)29-30-22-13-16-7-5-6-10-19(16)24(25(22)33)26(34)28-18-8-3-2-4-9-18/h2-14,31,33H,15H2,1H3,(H,28,34)/b30-29+. The summed E-state index contributed by atoms with van der Waals surface area (Å²) in [7, 11) is 1.21. The summed E-state index contributed by atoms with van der Waals surface area (Å²) in [6.45, 7) is -0.773. The number of ketones is 1. The van der Waals surface area contributed by atoms with Crippen molar-refractivity contribution in [3.8, 4) is 5.75 Å². The minimum atomic E-state index is -0.773. The van der Waals surface area contributed by atoms with Gasteiger partial charge in [-0.3, -0.25) is 9.59 Å². The number of Topliss-reactive ketones (excluding diaryl/α,β-unsaturated/α-hetero) is 1. The van der Waals surface area contributed by atoms with Gasteiger partial charge in [-0.15, -0.1) is 10.2 Å². The van der Waals surface area contributed by atoms with Crippen molar-refractivity contribution in [2.75, 3.05) is 19.0 Å². The number of aliphatic hydroxyl groups is 1. The van der Waals surface area contributed by atoms with Crippen molar-refractivity contribution >= 4 is 45.5 Å². The molecule has 0 saturated carbocycles. The number of nitrogens with zero attached hydrogens (tertiary/aromatic N) is 2. The first-order chi connectivity index (χ1) is 17.4. The number of phenols is 1. The molecule has 9 heteroatoms. The molecule has 0 radical (unpaired) electrons. The molecule has 0 fully saturated rings. The zero-order valence-electron chi connectivity index (χ0n) is 19.1. The Morgan fingerprint density at radius 3 is 2.31 bits per heavy atom. The molecule has 0 aliphatic heterocycles. The van der Waals surface area contributed by atoms with Crippen LogP contribution in [-0.4, -0.2) is 41.6 Å². The number of carbonyl (C=O) groups excluding carboxylic acids is 3. The highest BCUT2D eigenvalue weighted by molar-refractivity contribution is 6.16. The van der Waals surface area contributed by atoms with Crippen LogP contribution >= 0.6 is 0 Å². The van der Waals surface area contributed by atoms with Gasteiger partial charge in [0.1, 0.15) is 12.3 Å². The number of aliphatic hydroxyl groups excluding tert-OH is 1. The fourth-order valence-electron chi connectivity index (χ4n) is 3.63. The molecule has 0 spiro atoms. The van der Waals surface area contributed by atoms with Crippen molar-refractivity contribution < 1.29 is 29.3 Å². The van der Waals surface area contributed by atoms with Gasteiger partial charge in [-0.05, 0) is 47.2 Å². The van der Waals surface area contributed by atoms with E-state index in [1.54, 1.807) is 54.6 Å². The first kappa shape index (κ1) is 24.2. The lowest BCUT2D eigenvalue weighted by Gasteiger charge is -2.12. The van der Waals surface area contributed by atoms with E-state index in [0.29, 0.717) is 16.5 Å². The number of hydrogen-bond donors (Lipinski definition) is 3. The zero-order chi connectivity index (χ0) is 25.7. The summed E-state index contributed by atoms with van der Waals surface area (Å²) in [6, 6.07) is 21.3. The predicted molar refractivity (Wildman–Crippen MR) is 133 cm³/mol. The first-order valence-electron chi connectivity index (χ1n) is 10.8. The number of rotatable bonds is 7. The minimum Gasteiger partial charge on any atom is -0.505 e. The summed E-state index contributed by atoms with van der Waals surface area (Å²) < 4.78 is 4.71. The third-order valence-corrected chi connectivity index (χ3v) is 5.39. The van der Waals surface area contributed by atoms with Crippen LogP contribution in [0.4, 0.5) is 17.1 Å². The van der Waals surface area contributed by atoms with Crippen LogP contribution in [0.1, 0.15) is 31.1 Å². The molecular weight excluding hydrogens is 462 g/mol. The smallest absolute Gasteiger partial charge is 0.337 e. The average Bonchev–Trinajstić information content (AvgIpc) is 2.91. The largest absolute Gasteiger partial charge is 0.505 e. The highest BCUT2D eigenvalue weighted by atomic mass is 16.5. The lowest BCUT2D eigenvalue weighted by atomic mass is 10.0. The number of anilines is 1. The van der Waals surface area contributed by atoms with Gasteiger partial charge in [0.05, 0.1) is 23.9 Å². The molecule has 9 nitrogen and oxygen atoms in total. The summed E-state index contributed by atoms with van der Waals surface area (Å²) >= 11 is 0. The summed E-state index contributed by atoms with van der Waals surface area (Å²) in [4.78, 5) is 37.3. The van der Waals surface area contributed by atoms with Gasteiger partial charge in [-0.2, -0.15) is 0 Å². The summed E-state index contributed by atoms with van der Waals surface area (Å²) in [6.07, 6.45) is 0. The number of fused-ring (bicyclic) bond motifs is 1. The first-order valence-corrected chi connectivity index (χ1v) is 10.8. The van der Waals surface area contributed by atoms with Crippen LogP contribution in [0.2, 0.25) is 0 Å². The van der Waals surface area contributed by atoms with Gasteiger partial charge >= 0.3 is 5.97 Å². The molecule has 4 aromatic carbocycles. The van der Waals surface area contributed by atoms with Crippen molar-refractivity contribution in [1.29, 1.82) is 0 Å². The molecule has 180 valence electrons. The second-order valence-corrected chi connectivity index (χ2v) is 7.67. The van der Waals surface area contributed by atoms with Crippen molar-refractivity contribution in [3.63, 3.8) is 0 Å². The fraction of sp³-hybridized carbons (Fsp3) is 0.0741. The van der Waals surface area contributed by atoms with Crippen molar-refractivity contribution in [2.24, 2.45) is 10.2 Å². The van der Waals surface area contributed by atoms with Crippen LogP contribution in [0.3, 0.4) is 0 Å². The third kappa shape index (κ3) is 4.96. The number of carbonyl (C=O) groups is 3. The van der Waals surface area contributed by atoms with Crippen LogP contribution in [0.5, 0.6) is 5.75 Å². The second kappa shape index (κ2) is 10.6. The molecule has 4 aromatic rings. The summed E-state index contributed by atoms with van der Waals surface area (Å²) in [5.41, 5.74) is 0.645. The lowest BCUT2D eigenvalue weighted by molar-refractivity contribution is 0.0600. The van der Waals surface area contributed by atoms with E-state index >= 15 is 0 Å². The van der Waals surface area contributed by atoms with E-state index in [2.05, 4.69) is 15.5 Å². The van der Waals surface area contributed by atoms with Crippen molar-refractivity contribution in [1.82, 2.24) is 0 Å². The van der Waals surface area contributed by atoms with Crippen LogP contribution in [0.15, 0.2) is 89.1 Å². The molecule has 0 aromatic heterocycles. The molecule has 0 heterocycles. The van der Waals surface area contributed by atoms with Crippen LogP contribution in [-0.2, 0) is 4.74 Å². The highest BCUT2D eigenvalue weighted by Crippen LogP contribution is 2.38. The Morgan fingerprint density at radius 1 is 0.889 bits per heavy atom. The Kier molecular flexibility index (Phi) is 7.12. The number of azo groups is 1. The number of ether oxygens (including phenoxy) is 1. The number of esters is 1. The zero-order valence-corrected chi connectivity index (χ0v) is 19.1. The molecule has 0 atom stereocenters. The maximum Gasteiger partial charge on any atom is 0.337 e. The quantitative estimate of drug-likeness (QED) is 0.188. The number of aromatic hydroxyl groups is 1. The normalized spacial score (nSPS) is 10.9. The molecule has 0 aliphatic rings. The van der Waals surface area contributed by atoms with E-state index < -0.39 is 30.0 Å². The Balaban J connectivity index is 1.81. The molecule has 1 amide bonds. The van der Waals surface area contributed by atoms with Gasteiger partial charge in [-0.1, -0.05) is 42.5 Å². The Bertz CT molecular complexity index is 1500. The van der Waals surface area contributed by atoms with Gasteiger partial charge in [0, 0.05) is 11.3 Å². The van der Waals surface area contributed by atoms with Crippen molar-refractivity contribution in [2.45, 2.75) is 0 Å². The van der Waals surface area contributed by atoms with Crippen LogP contribution < -0.4 is 5.32 Å². The molecule has 0 aliphatic carbocycles. The fourth-order valence-corrected chi connectivity index (χ4v) is 3.63.